The van der Waals surface area contributed by atoms with Crippen LogP contribution in [0.3, 0.4) is 0 Å². The van der Waals surface area contributed by atoms with Gasteiger partial charge in [0.1, 0.15) is 18.1 Å². The number of nitrogens with two attached hydrogens (primary N) is 1. The van der Waals surface area contributed by atoms with Gasteiger partial charge in [-0.2, -0.15) is 0 Å². The highest BCUT2D eigenvalue weighted by atomic mass is 79.9. The van der Waals surface area contributed by atoms with Gasteiger partial charge in [0.25, 0.3) is 0 Å². The summed E-state index contributed by atoms with van der Waals surface area (Å²) in [5.41, 5.74) is 0. The number of primary sulfonamides is 1. The van der Waals surface area contributed by atoms with Gasteiger partial charge in [-0.05, 0) is 34.1 Å². The van der Waals surface area contributed by atoms with Crippen LogP contribution in [0.1, 0.15) is 0 Å². The Morgan fingerprint density at radius 2 is 1.95 bits per heavy atom. The number of halogens is 4. The molecule has 0 unspecified atom stereocenters. The zero-order chi connectivity index (χ0) is 14.7. The number of rotatable bonds is 5. The first-order valence-corrected chi connectivity index (χ1v) is 7.26. The zero-order valence-corrected chi connectivity index (χ0v) is 11.7. The van der Waals surface area contributed by atoms with E-state index >= 15 is 0 Å². The largest absolute Gasteiger partial charge is 0.573 e. The predicted molar refractivity (Wildman–Crippen MR) is 64.3 cm³/mol. The maximum atomic E-state index is 12.0. The Hall–Kier alpha value is -1.00. The number of benzene rings is 1. The molecule has 0 aliphatic rings. The Morgan fingerprint density at radius 3 is 2.42 bits per heavy atom. The minimum Gasteiger partial charge on any atom is -0.492 e. The quantitative estimate of drug-likeness (QED) is 0.867. The van der Waals surface area contributed by atoms with Crippen LogP contribution in [0.5, 0.6) is 11.5 Å². The lowest BCUT2D eigenvalue weighted by Crippen LogP contribution is -2.21. The van der Waals surface area contributed by atoms with E-state index in [-0.39, 0.29) is 16.8 Å². The first-order valence-electron chi connectivity index (χ1n) is 4.75. The standard InChI is InChI=1S/C9H9BrF3NO4S/c10-7-5-6(17-3-4-19(14,15)16)1-2-8(7)18-9(11,12)13/h1-2,5H,3-4H2,(H2,14,15,16). The average Bonchev–Trinajstić information content (AvgIpc) is 2.18. The third-order valence-electron chi connectivity index (χ3n) is 1.77. The molecular weight excluding hydrogens is 355 g/mol. The number of hydrogen-bond acceptors (Lipinski definition) is 4. The summed E-state index contributed by atoms with van der Waals surface area (Å²) in [6, 6.07) is 3.49. The van der Waals surface area contributed by atoms with Gasteiger partial charge in [-0.1, -0.05) is 0 Å². The number of sulfonamides is 1. The fourth-order valence-electron chi connectivity index (χ4n) is 1.05. The van der Waals surface area contributed by atoms with Crippen molar-refractivity contribution in [3.63, 3.8) is 0 Å². The summed E-state index contributed by atoms with van der Waals surface area (Å²) >= 11 is 2.88. The number of hydrogen-bond donors (Lipinski definition) is 1. The Balaban J connectivity index is 2.67. The van der Waals surface area contributed by atoms with Gasteiger partial charge in [-0.15, -0.1) is 13.2 Å². The SMILES string of the molecule is NS(=O)(=O)CCOc1ccc(OC(F)(F)F)c(Br)c1. The summed E-state index contributed by atoms with van der Waals surface area (Å²) in [7, 11) is -3.65. The second-order valence-corrected chi connectivity index (χ2v) is 5.94. The molecule has 5 nitrogen and oxygen atoms in total. The fraction of sp³-hybridized carbons (Fsp3) is 0.333. The van der Waals surface area contributed by atoms with Gasteiger partial charge in [0, 0.05) is 0 Å². The molecule has 0 amide bonds. The van der Waals surface area contributed by atoms with E-state index in [2.05, 4.69) is 20.7 Å². The molecule has 0 atom stereocenters. The van der Waals surface area contributed by atoms with Crippen LogP contribution < -0.4 is 14.6 Å². The van der Waals surface area contributed by atoms with Gasteiger partial charge < -0.3 is 9.47 Å². The van der Waals surface area contributed by atoms with E-state index in [4.69, 9.17) is 9.88 Å². The summed E-state index contributed by atoms with van der Waals surface area (Å²) in [6.45, 7) is -0.204. The molecule has 0 aliphatic heterocycles. The first kappa shape index (κ1) is 16.1. The molecule has 1 aromatic rings. The van der Waals surface area contributed by atoms with Crippen LogP contribution in [-0.4, -0.2) is 27.1 Å². The minimum atomic E-state index is -4.79. The molecule has 2 N–H and O–H groups in total. The van der Waals surface area contributed by atoms with Crippen LogP contribution in [0.2, 0.25) is 0 Å². The fourth-order valence-corrected chi connectivity index (χ4v) is 1.81. The summed E-state index contributed by atoms with van der Waals surface area (Å²) in [5, 5.41) is 4.76. The van der Waals surface area contributed by atoms with Crippen molar-refractivity contribution in [1.82, 2.24) is 0 Å². The highest BCUT2D eigenvalue weighted by Crippen LogP contribution is 2.33. The second-order valence-electron chi connectivity index (χ2n) is 3.36. The van der Waals surface area contributed by atoms with Crippen molar-refractivity contribution < 1.29 is 31.1 Å². The Morgan fingerprint density at radius 1 is 1.32 bits per heavy atom. The summed E-state index contributed by atoms with van der Waals surface area (Å²) in [5.74, 6) is -0.637. The van der Waals surface area contributed by atoms with E-state index in [1.807, 2.05) is 0 Å². The van der Waals surface area contributed by atoms with Gasteiger partial charge in [-0.25, -0.2) is 13.6 Å². The molecule has 0 bridgehead atoms. The lowest BCUT2D eigenvalue weighted by atomic mass is 10.3. The monoisotopic (exact) mass is 363 g/mol. The summed E-state index contributed by atoms with van der Waals surface area (Å²) in [4.78, 5) is 0. The number of ether oxygens (including phenoxy) is 2. The molecule has 0 saturated heterocycles. The lowest BCUT2D eigenvalue weighted by Gasteiger charge is -2.12. The molecule has 108 valence electrons. The molecule has 1 rings (SSSR count). The third kappa shape index (κ3) is 6.64. The van der Waals surface area contributed by atoms with Crippen LogP contribution in [0, 0.1) is 0 Å². The van der Waals surface area contributed by atoms with E-state index in [9.17, 15) is 21.6 Å². The lowest BCUT2D eigenvalue weighted by molar-refractivity contribution is -0.274. The Kier molecular flexibility index (Phi) is 5.04. The highest BCUT2D eigenvalue weighted by Gasteiger charge is 2.31. The smallest absolute Gasteiger partial charge is 0.492 e. The molecule has 10 heteroatoms. The van der Waals surface area contributed by atoms with Crippen molar-refractivity contribution in [3.8, 4) is 11.5 Å². The molecule has 0 saturated carbocycles. The van der Waals surface area contributed by atoms with Gasteiger partial charge in [0.2, 0.25) is 10.0 Å². The molecule has 1 aromatic carbocycles. The van der Waals surface area contributed by atoms with Crippen LogP contribution >= 0.6 is 15.9 Å². The van der Waals surface area contributed by atoms with E-state index in [0.29, 0.717) is 0 Å². The summed E-state index contributed by atoms with van der Waals surface area (Å²) in [6.07, 6.45) is -4.79. The van der Waals surface area contributed by atoms with E-state index < -0.39 is 27.9 Å². The van der Waals surface area contributed by atoms with Crippen molar-refractivity contribution in [2.24, 2.45) is 5.14 Å². The molecule has 0 spiro atoms. The van der Waals surface area contributed by atoms with Crippen LogP contribution in [0.4, 0.5) is 13.2 Å². The van der Waals surface area contributed by atoms with Crippen molar-refractivity contribution in [1.29, 1.82) is 0 Å². The van der Waals surface area contributed by atoms with E-state index in [1.54, 1.807) is 0 Å². The number of alkyl halides is 3. The average molecular weight is 364 g/mol. The zero-order valence-electron chi connectivity index (χ0n) is 9.28. The Bertz CT molecular complexity index is 547. The maximum absolute atomic E-state index is 12.0. The normalized spacial score (nSPS) is 12.3. The maximum Gasteiger partial charge on any atom is 0.573 e. The molecule has 0 fully saturated rings. The third-order valence-corrected chi connectivity index (χ3v) is 3.12. The molecular formula is C9H9BrF3NO4S. The van der Waals surface area contributed by atoms with Crippen molar-refractivity contribution in [3.05, 3.63) is 22.7 Å². The van der Waals surface area contributed by atoms with E-state index in [1.165, 1.54) is 12.1 Å². The van der Waals surface area contributed by atoms with Crippen molar-refractivity contribution in [2.75, 3.05) is 12.4 Å². The summed E-state index contributed by atoms with van der Waals surface area (Å²) < 4.78 is 66.1. The van der Waals surface area contributed by atoms with Gasteiger partial charge >= 0.3 is 6.36 Å². The van der Waals surface area contributed by atoms with Crippen molar-refractivity contribution in [2.45, 2.75) is 6.36 Å². The highest BCUT2D eigenvalue weighted by molar-refractivity contribution is 9.10. The molecule has 0 aliphatic carbocycles. The molecule has 19 heavy (non-hydrogen) atoms. The van der Waals surface area contributed by atoms with Gasteiger partial charge in [0.15, 0.2) is 0 Å². The topological polar surface area (TPSA) is 78.6 Å². The van der Waals surface area contributed by atoms with Crippen LogP contribution in [0.25, 0.3) is 0 Å². The van der Waals surface area contributed by atoms with Crippen LogP contribution in [0.15, 0.2) is 22.7 Å². The van der Waals surface area contributed by atoms with Crippen molar-refractivity contribution >= 4 is 26.0 Å². The molecule has 0 heterocycles. The minimum absolute atomic E-state index is 0.0259. The Labute approximate surface area is 115 Å². The molecule has 0 aromatic heterocycles. The van der Waals surface area contributed by atoms with Gasteiger partial charge in [0.05, 0.1) is 10.2 Å². The molecule has 0 radical (unpaired) electrons. The second kappa shape index (κ2) is 5.97. The van der Waals surface area contributed by atoms with Gasteiger partial charge in [-0.3, -0.25) is 0 Å². The predicted octanol–water partition coefficient (Wildman–Crippen LogP) is 2.01. The van der Waals surface area contributed by atoms with Crippen LogP contribution in [-0.2, 0) is 10.0 Å². The first-order chi connectivity index (χ1) is 8.57. The van der Waals surface area contributed by atoms with E-state index in [0.717, 1.165) is 6.07 Å².